The molecule has 0 spiro atoms. The second kappa shape index (κ2) is 8.57. The number of benzene rings is 1. The average Bonchev–Trinajstić information content (AvgIpc) is 3.02. The molecule has 1 saturated heterocycles. The summed E-state index contributed by atoms with van der Waals surface area (Å²) in [5.41, 5.74) is 3.55. The van der Waals surface area contributed by atoms with E-state index in [2.05, 4.69) is 16.2 Å². The normalized spacial score (nSPS) is 17.0. The highest BCUT2D eigenvalue weighted by Gasteiger charge is 2.29. The Bertz CT molecular complexity index is 750. The van der Waals surface area contributed by atoms with E-state index < -0.39 is 0 Å². The Labute approximate surface area is 159 Å². The molecule has 7 nitrogen and oxygen atoms in total. The average molecular weight is 373 g/mol. The van der Waals surface area contributed by atoms with E-state index in [0.29, 0.717) is 36.7 Å². The molecule has 0 aliphatic carbocycles. The lowest BCUT2D eigenvalue weighted by Gasteiger charge is -2.25. The Balaban J connectivity index is 1.92. The van der Waals surface area contributed by atoms with Crippen molar-refractivity contribution in [1.82, 2.24) is 9.80 Å². The minimum Gasteiger partial charge on any atom is -0.465 e. The third-order valence-electron chi connectivity index (χ3n) is 5.08. The Morgan fingerprint density at radius 1 is 1.37 bits per heavy atom. The number of carbonyl (C=O) groups excluding carboxylic acids is 2. The monoisotopic (exact) mass is 373 g/mol. The number of hydrogen-bond acceptors (Lipinski definition) is 7. The third kappa shape index (κ3) is 4.33. The number of hydrogen-bond donors (Lipinski definition) is 1. The maximum atomic E-state index is 12.3. The van der Waals surface area contributed by atoms with Crippen LogP contribution in [0.1, 0.15) is 34.3 Å². The summed E-state index contributed by atoms with van der Waals surface area (Å²) in [6.45, 7) is 3.55. The van der Waals surface area contributed by atoms with Crippen molar-refractivity contribution in [3.63, 3.8) is 0 Å². The van der Waals surface area contributed by atoms with Crippen LogP contribution >= 0.6 is 0 Å². The van der Waals surface area contributed by atoms with Crippen molar-refractivity contribution in [3.05, 3.63) is 28.8 Å². The standard InChI is InChI=1S/C20H27N3O4/c1-22(2)6-7-23-12-14-10-17(20(25)26-3)18(11-16(14)19(23)13-24)21-15-4-8-27-9-5-15/h10-11,15,21H,4-9,12H2,1-3H3. The number of carbonyl (C=O) groups is 1. The molecule has 0 aromatic heterocycles. The summed E-state index contributed by atoms with van der Waals surface area (Å²) in [5, 5.41) is 3.45. The molecule has 0 unspecified atom stereocenters. The van der Waals surface area contributed by atoms with Crippen molar-refractivity contribution in [2.45, 2.75) is 25.4 Å². The van der Waals surface area contributed by atoms with Crippen LogP contribution in [0.15, 0.2) is 12.1 Å². The van der Waals surface area contributed by atoms with Crippen molar-refractivity contribution >= 4 is 23.3 Å². The van der Waals surface area contributed by atoms with E-state index in [4.69, 9.17) is 9.47 Å². The molecule has 2 heterocycles. The maximum absolute atomic E-state index is 12.3. The molecule has 0 bridgehead atoms. The Morgan fingerprint density at radius 2 is 2.11 bits per heavy atom. The quantitative estimate of drug-likeness (QED) is 0.600. The molecule has 3 rings (SSSR count). The van der Waals surface area contributed by atoms with Gasteiger partial charge in [-0.05, 0) is 44.6 Å². The highest BCUT2D eigenvalue weighted by Crippen LogP contribution is 2.35. The zero-order chi connectivity index (χ0) is 19.4. The molecular formula is C20H27N3O4. The topological polar surface area (TPSA) is 71.1 Å². The van der Waals surface area contributed by atoms with Gasteiger partial charge in [0.2, 0.25) is 0 Å². The van der Waals surface area contributed by atoms with E-state index in [1.165, 1.54) is 7.11 Å². The third-order valence-corrected chi connectivity index (χ3v) is 5.08. The van der Waals surface area contributed by atoms with Crippen molar-refractivity contribution in [3.8, 4) is 0 Å². The van der Waals surface area contributed by atoms with E-state index in [1.54, 1.807) is 0 Å². The van der Waals surface area contributed by atoms with Crippen LogP contribution in [0, 0.1) is 0 Å². The van der Waals surface area contributed by atoms with Gasteiger partial charge >= 0.3 is 5.97 Å². The smallest absolute Gasteiger partial charge is 0.339 e. The number of rotatable bonds is 6. The van der Waals surface area contributed by atoms with E-state index in [9.17, 15) is 9.59 Å². The van der Waals surface area contributed by atoms with Gasteiger partial charge in [-0.1, -0.05) is 0 Å². The molecule has 0 saturated carbocycles. The SMILES string of the molecule is COC(=O)c1cc2c(cc1NC1CCOCC1)C(=C=O)N(CCN(C)C)C2. The van der Waals surface area contributed by atoms with Crippen LogP contribution in [0.25, 0.3) is 5.70 Å². The van der Waals surface area contributed by atoms with Gasteiger partial charge in [-0.2, -0.15) is 0 Å². The molecular weight excluding hydrogens is 346 g/mol. The molecule has 0 amide bonds. The van der Waals surface area contributed by atoms with Crippen molar-refractivity contribution < 1.29 is 19.1 Å². The van der Waals surface area contributed by atoms with E-state index in [1.807, 2.05) is 31.1 Å². The van der Waals surface area contributed by atoms with Gasteiger partial charge in [-0.25, -0.2) is 9.59 Å². The molecule has 7 heteroatoms. The fourth-order valence-electron chi connectivity index (χ4n) is 3.54. The second-order valence-corrected chi connectivity index (χ2v) is 7.25. The predicted octanol–water partition coefficient (Wildman–Crippen LogP) is 1.61. The Hall–Kier alpha value is -2.34. The zero-order valence-corrected chi connectivity index (χ0v) is 16.2. The molecule has 27 heavy (non-hydrogen) atoms. The summed E-state index contributed by atoms with van der Waals surface area (Å²) < 4.78 is 10.4. The number of methoxy groups -OCH3 is 1. The lowest BCUT2D eigenvalue weighted by Crippen LogP contribution is -2.28. The minimum absolute atomic E-state index is 0.232. The van der Waals surface area contributed by atoms with Crippen LogP contribution in [0.2, 0.25) is 0 Å². The van der Waals surface area contributed by atoms with Crippen LogP contribution in [0.4, 0.5) is 5.69 Å². The van der Waals surface area contributed by atoms with Gasteiger partial charge in [-0.3, -0.25) is 0 Å². The largest absolute Gasteiger partial charge is 0.465 e. The number of esters is 1. The van der Waals surface area contributed by atoms with Gasteiger partial charge in [0, 0.05) is 50.1 Å². The van der Waals surface area contributed by atoms with Crippen LogP contribution in [0.3, 0.4) is 0 Å². The van der Waals surface area contributed by atoms with E-state index in [-0.39, 0.29) is 12.0 Å². The summed E-state index contributed by atoms with van der Waals surface area (Å²) in [6.07, 6.45) is 1.76. The highest BCUT2D eigenvalue weighted by atomic mass is 16.5. The van der Waals surface area contributed by atoms with Gasteiger partial charge in [0.15, 0.2) is 5.94 Å². The van der Waals surface area contributed by atoms with Gasteiger partial charge < -0.3 is 24.6 Å². The fourth-order valence-corrected chi connectivity index (χ4v) is 3.54. The first-order valence-corrected chi connectivity index (χ1v) is 9.28. The fraction of sp³-hybridized carbons (Fsp3) is 0.550. The molecule has 1 fully saturated rings. The first-order chi connectivity index (χ1) is 13.0. The molecule has 146 valence electrons. The van der Waals surface area contributed by atoms with Crippen LogP contribution in [0.5, 0.6) is 0 Å². The summed E-state index contributed by atoms with van der Waals surface area (Å²) >= 11 is 0. The lowest BCUT2D eigenvalue weighted by atomic mass is 10.0. The molecule has 0 radical (unpaired) electrons. The summed E-state index contributed by atoms with van der Waals surface area (Å²) in [6, 6.07) is 3.97. The van der Waals surface area contributed by atoms with E-state index in [0.717, 1.165) is 37.1 Å². The van der Waals surface area contributed by atoms with E-state index >= 15 is 0 Å². The van der Waals surface area contributed by atoms with Gasteiger partial charge in [0.25, 0.3) is 0 Å². The zero-order valence-electron chi connectivity index (χ0n) is 16.2. The number of ether oxygens (including phenoxy) is 2. The molecule has 1 N–H and O–H groups in total. The first kappa shape index (κ1) is 19.4. The first-order valence-electron chi connectivity index (χ1n) is 9.28. The van der Waals surface area contributed by atoms with Crippen molar-refractivity contribution in [2.24, 2.45) is 0 Å². The molecule has 0 atom stereocenters. The predicted molar refractivity (Wildman–Crippen MR) is 103 cm³/mol. The Kier molecular flexibility index (Phi) is 6.16. The van der Waals surface area contributed by atoms with Gasteiger partial charge in [0.05, 0.1) is 12.7 Å². The number of fused-ring (bicyclic) bond motifs is 1. The number of likely N-dealkylation sites (N-methyl/N-ethyl adjacent to an activating group) is 1. The minimum atomic E-state index is -0.379. The molecule has 2 aliphatic heterocycles. The highest BCUT2D eigenvalue weighted by molar-refractivity contribution is 5.99. The number of nitrogens with one attached hydrogen (secondary N) is 1. The van der Waals surface area contributed by atoms with Crippen molar-refractivity contribution in [1.29, 1.82) is 0 Å². The molecule has 1 aromatic rings. The van der Waals surface area contributed by atoms with Gasteiger partial charge in [-0.15, -0.1) is 0 Å². The van der Waals surface area contributed by atoms with Crippen LogP contribution in [-0.2, 0) is 20.8 Å². The summed E-state index contributed by atoms with van der Waals surface area (Å²) in [7, 11) is 5.38. The lowest BCUT2D eigenvalue weighted by molar-refractivity contribution is 0.0601. The maximum Gasteiger partial charge on any atom is 0.339 e. The molecule has 1 aromatic carbocycles. The van der Waals surface area contributed by atoms with Crippen molar-refractivity contribution in [2.75, 3.05) is 52.8 Å². The second-order valence-electron chi connectivity index (χ2n) is 7.25. The number of nitrogens with zero attached hydrogens (tertiary/aromatic N) is 2. The van der Waals surface area contributed by atoms with Crippen LogP contribution < -0.4 is 5.32 Å². The molecule has 2 aliphatic rings. The Morgan fingerprint density at radius 3 is 2.74 bits per heavy atom. The number of anilines is 1. The summed E-state index contributed by atoms with van der Waals surface area (Å²) in [4.78, 5) is 28.1. The summed E-state index contributed by atoms with van der Waals surface area (Å²) in [5.74, 6) is 1.72. The van der Waals surface area contributed by atoms with Gasteiger partial charge in [0.1, 0.15) is 5.70 Å². The van der Waals surface area contributed by atoms with Crippen LogP contribution in [-0.4, -0.2) is 75.3 Å².